The largest absolute Gasteiger partial charge is 0.394 e. The number of sulfone groups is 1. The van der Waals surface area contributed by atoms with E-state index in [1.165, 1.54) is 0 Å². The fraction of sp³-hybridized carbons (Fsp3) is 0. The van der Waals surface area contributed by atoms with Gasteiger partial charge in [-0.25, -0.2) is 26.0 Å². The van der Waals surface area contributed by atoms with Crippen LogP contribution in [0.4, 0.5) is 28.9 Å². The molecule has 0 aliphatic carbocycles. The number of halogens is 4. The van der Waals surface area contributed by atoms with Crippen molar-refractivity contribution in [3.63, 3.8) is 0 Å². The van der Waals surface area contributed by atoms with Crippen LogP contribution >= 0.6 is 0 Å². The van der Waals surface area contributed by atoms with Gasteiger partial charge < -0.3 is 11.5 Å². The lowest BCUT2D eigenvalue weighted by atomic mass is 10.3. The highest BCUT2D eigenvalue weighted by molar-refractivity contribution is 7.91. The molecule has 0 atom stereocenters. The zero-order chi connectivity index (χ0) is 15.9. The van der Waals surface area contributed by atoms with Gasteiger partial charge in [-0.1, -0.05) is 0 Å². The van der Waals surface area contributed by atoms with Gasteiger partial charge >= 0.3 is 0 Å². The van der Waals surface area contributed by atoms with E-state index in [-0.39, 0.29) is 0 Å². The Kier molecular flexibility index (Phi) is 3.54. The highest BCUT2D eigenvalue weighted by atomic mass is 32.2. The smallest absolute Gasteiger partial charge is 0.207 e. The molecule has 2 rings (SSSR count). The molecular formula is C12H8F4N2O2S. The topological polar surface area (TPSA) is 86.2 Å². The highest BCUT2D eigenvalue weighted by Crippen LogP contribution is 2.28. The van der Waals surface area contributed by atoms with Gasteiger partial charge in [0.05, 0.1) is 9.79 Å². The van der Waals surface area contributed by atoms with Gasteiger partial charge in [-0.3, -0.25) is 0 Å². The Morgan fingerprint density at radius 3 is 1.14 bits per heavy atom. The summed E-state index contributed by atoms with van der Waals surface area (Å²) in [5.41, 5.74) is 8.32. The third-order valence-electron chi connectivity index (χ3n) is 2.73. The number of hydrogen-bond donors (Lipinski definition) is 2. The summed E-state index contributed by atoms with van der Waals surface area (Å²) in [6.07, 6.45) is 0. The molecule has 0 amide bonds. The standard InChI is InChI=1S/C12H8F4N2O2S/c13-7-1-5(2-8(14)11(7)17)21(19,20)6-3-9(15)12(18)10(16)4-6/h1-4H,17-18H2. The molecule has 4 nitrogen and oxygen atoms in total. The van der Waals surface area contributed by atoms with E-state index in [0.29, 0.717) is 24.3 Å². The van der Waals surface area contributed by atoms with Crippen molar-refractivity contribution in [3.8, 4) is 0 Å². The SMILES string of the molecule is Nc1c(F)cc(S(=O)(=O)c2cc(F)c(N)c(F)c2)cc1F. The molecule has 4 N–H and O–H groups in total. The van der Waals surface area contributed by atoms with Crippen molar-refractivity contribution >= 4 is 21.2 Å². The molecule has 0 aliphatic rings. The third-order valence-corrected chi connectivity index (χ3v) is 4.44. The van der Waals surface area contributed by atoms with Gasteiger partial charge in [0.25, 0.3) is 0 Å². The second kappa shape index (κ2) is 4.92. The zero-order valence-electron chi connectivity index (χ0n) is 10.2. The minimum atomic E-state index is -4.53. The number of benzene rings is 2. The highest BCUT2D eigenvalue weighted by Gasteiger charge is 2.24. The molecule has 0 fully saturated rings. The summed E-state index contributed by atoms with van der Waals surface area (Å²) >= 11 is 0. The lowest BCUT2D eigenvalue weighted by Gasteiger charge is -2.08. The average Bonchev–Trinajstić information content (AvgIpc) is 2.40. The molecule has 0 saturated carbocycles. The summed E-state index contributed by atoms with van der Waals surface area (Å²) < 4.78 is 77.5. The van der Waals surface area contributed by atoms with Crippen LogP contribution in [0, 0.1) is 23.3 Å². The van der Waals surface area contributed by atoms with E-state index in [1.807, 2.05) is 0 Å². The normalized spacial score (nSPS) is 11.6. The van der Waals surface area contributed by atoms with E-state index in [9.17, 15) is 26.0 Å². The molecule has 0 saturated heterocycles. The van der Waals surface area contributed by atoms with Crippen LogP contribution in [0.3, 0.4) is 0 Å². The summed E-state index contributed by atoms with van der Waals surface area (Å²) in [5, 5.41) is 0. The maximum absolute atomic E-state index is 13.3. The lowest BCUT2D eigenvalue weighted by Crippen LogP contribution is -2.07. The molecule has 21 heavy (non-hydrogen) atoms. The summed E-state index contributed by atoms with van der Waals surface area (Å²) in [6, 6.07) is 1.83. The van der Waals surface area contributed by atoms with Crippen LogP contribution in [0.1, 0.15) is 0 Å². The van der Waals surface area contributed by atoms with Gasteiger partial charge in [0.1, 0.15) is 34.6 Å². The van der Waals surface area contributed by atoms with E-state index < -0.39 is 54.3 Å². The molecule has 0 radical (unpaired) electrons. The Hall–Kier alpha value is -2.29. The van der Waals surface area contributed by atoms with Gasteiger partial charge in [-0.2, -0.15) is 0 Å². The Morgan fingerprint density at radius 1 is 0.667 bits per heavy atom. The predicted octanol–water partition coefficient (Wildman–Crippen LogP) is 2.24. The van der Waals surface area contributed by atoms with Crippen LogP contribution < -0.4 is 11.5 Å². The minimum absolute atomic E-state index is 0.458. The summed E-state index contributed by atoms with van der Waals surface area (Å²) in [6.45, 7) is 0. The molecule has 0 heterocycles. The van der Waals surface area contributed by atoms with E-state index in [0.717, 1.165) is 0 Å². The Balaban J connectivity index is 2.68. The van der Waals surface area contributed by atoms with Gasteiger partial charge in [0.2, 0.25) is 9.84 Å². The van der Waals surface area contributed by atoms with Crippen LogP contribution in [0.2, 0.25) is 0 Å². The van der Waals surface area contributed by atoms with Crippen molar-refractivity contribution in [3.05, 3.63) is 47.5 Å². The number of rotatable bonds is 2. The molecule has 112 valence electrons. The number of anilines is 2. The predicted molar refractivity (Wildman–Crippen MR) is 67.0 cm³/mol. The molecule has 0 unspecified atom stereocenters. The first-order valence-corrected chi connectivity index (χ1v) is 6.87. The molecule has 0 aromatic heterocycles. The van der Waals surface area contributed by atoms with Crippen LogP contribution in [0.25, 0.3) is 0 Å². The Labute approximate surface area is 116 Å². The van der Waals surface area contributed by atoms with Crippen molar-refractivity contribution in [2.75, 3.05) is 11.5 Å². The van der Waals surface area contributed by atoms with Crippen molar-refractivity contribution in [1.29, 1.82) is 0 Å². The van der Waals surface area contributed by atoms with E-state index in [2.05, 4.69) is 0 Å². The Bertz CT molecular complexity index is 728. The minimum Gasteiger partial charge on any atom is -0.394 e. The maximum atomic E-state index is 13.3. The van der Waals surface area contributed by atoms with Crippen molar-refractivity contribution in [1.82, 2.24) is 0 Å². The van der Waals surface area contributed by atoms with Crippen molar-refractivity contribution < 1.29 is 26.0 Å². The molecule has 9 heteroatoms. The zero-order valence-corrected chi connectivity index (χ0v) is 11.0. The van der Waals surface area contributed by atoms with E-state index in [1.54, 1.807) is 0 Å². The van der Waals surface area contributed by atoms with Crippen molar-refractivity contribution in [2.45, 2.75) is 9.79 Å². The number of hydrogen-bond acceptors (Lipinski definition) is 4. The molecule has 0 bridgehead atoms. The van der Waals surface area contributed by atoms with Crippen LogP contribution in [-0.4, -0.2) is 8.42 Å². The molecular weight excluding hydrogens is 312 g/mol. The van der Waals surface area contributed by atoms with Gasteiger partial charge in [-0.05, 0) is 24.3 Å². The van der Waals surface area contributed by atoms with E-state index >= 15 is 0 Å². The first kappa shape index (κ1) is 15.1. The second-order valence-electron chi connectivity index (χ2n) is 4.10. The molecule has 2 aromatic rings. The molecule has 2 aromatic carbocycles. The third kappa shape index (κ3) is 2.51. The van der Waals surface area contributed by atoms with Gasteiger partial charge in [-0.15, -0.1) is 0 Å². The van der Waals surface area contributed by atoms with Crippen molar-refractivity contribution in [2.24, 2.45) is 0 Å². The summed E-state index contributed by atoms with van der Waals surface area (Å²) in [7, 11) is -4.53. The molecule has 0 spiro atoms. The monoisotopic (exact) mass is 320 g/mol. The number of nitrogen functional groups attached to an aromatic ring is 2. The summed E-state index contributed by atoms with van der Waals surface area (Å²) in [5.74, 6) is -5.20. The van der Waals surface area contributed by atoms with Gasteiger partial charge in [0, 0.05) is 0 Å². The second-order valence-corrected chi connectivity index (χ2v) is 6.05. The van der Waals surface area contributed by atoms with E-state index in [4.69, 9.17) is 11.5 Å². The number of nitrogens with two attached hydrogens (primary N) is 2. The average molecular weight is 320 g/mol. The quantitative estimate of drug-likeness (QED) is 0.656. The Morgan fingerprint density at radius 2 is 0.905 bits per heavy atom. The fourth-order valence-corrected chi connectivity index (χ4v) is 2.88. The molecule has 0 aliphatic heterocycles. The maximum Gasteiger partial charge on any atom is 0.207 e. The first-order valence-electron chi connectivity index (χ1n) is 5.38. The van der Waals surface area contributed by atoms with Crippen LogP contribution in [-0.2, 0) is 9.84 Å². The first-order chi connectivity index (χ1) is 9.64. The summed E-state index contributed by atoms with van der Waals surface area (Å²) in [4.78, 5) is -1.65. The lowest BCUT2D eigenvalue weighted by molar-refractivity contribution is 0.566. The van der Waals surface area contributed by atoms with Crippen LogP contribution in [0.15, 0.2) is 34.1 Å². The van der Waals surface area contributed by atoms with Gasteiger partial charge in [0.15, 0.2) is 0 Å². The fourth-order valence-electron chi connectivity index (χ4n) is 1.57. The van der Waals surface area contributed by atoms with Crippen LogP contribution in [0.5, 0.6) is 0 Å².